The van der Waals surface area contributed by atoms with E-state index in [4.69, 9.17) is 0 Å². The normalized spacial score (nSPS) is 13.5. The number of amides is 2. The van der Waals surface area contributed by atoms with E-state index >= 15 is 0 Å². The van der Waals surface area contributed by atoms with Gasteiger partial charge in [-0.05, 0) is 38.2 Å². The van der Waals surface area contributed by atoms with Crippen LogP contribution in [0.3, 0.4) is 0 Å². The number of hydrogen-bond donors (Lipinski definition) is 2. The van der Waals surface area contributed by atoms with Gasteiger partial charge in [0, 0.05) is 18.4 Å². The number of nitrogens with zero attached hydrogens (tertiary/aromatic N) is 5. The van der Waals surface area contributed by atoms with Crippen molar-refractivity contribution in [1.29, 1.82) is 0 Å². The summed E-state index contributed by atoms with van der Waals surface area (Å²) in [7, 11) is 1.74. The van der Waals surface area contributed by atoms with Crippen molar-refractivity contribution in [3.05, 3.63) is 29.1 Å². The Kier molecular flexibility index (Phi) is 3.99. The fourth-order valence-corrected chi connectivity index (χ4v) is 2.63. The Balaban J connectivity index is 1.61. The lowest BCUT2D eigenvalue weighted by Gasteiger charge is -2.17. The molecule has 1 aliphatic rings. The molecule has 0 fully saturated rings. The SMILES string of the molecule is Cc1nc(CNC(=O)Nc2ncn(C)n2)nc2c1CCCC2. The van der Waals surface area contributed by atoms with Crippen LogP contribution in [0.15, 0.2) is 6.33 Å². The van der Waals surface area contributed by atoms with E-state index in [2.05, 4.69) is 30.7 Å². The summed E-state index contributed by atoms with van der Waals surface area (Å²) in [5.41, 5.74) is 3.42. The number of hydrogen-bond acceptors (Lipinski definition) is 5. The van der Waals surface area contributed by atoms with Gasteiger partial charge in [0.15, 0.2) is 0 Å². The lowest BCUT2D eigenvalue weighted by Crippen LogP contribution is -2.30. The summed E-state index contributed by atoms with van der Waals surface area (Å²) < 4.78 is 1.52. The van der Waals surface area contributed by atoms with Gasteiger partial charge in [-0.2, -0.15) is 0 Å². The molecular formula is C14H19N7O. The van der Waals surface area contributed by atoms with Crippen molar-refractivity contribution in [3.63, 3.8) is 0 Å². The summed E-state index contributed by atoms with van der Waals surface area (Å²) in [5.74, 6) is 0.907. The summed E-state index contributed by atoms with van der Waals surface area (Å²) in [5, 5.41) is 9.27. The Labute approximate surface area is 128 Å². The van der Waals surface area contributed by atoms with Gasteiger partial charge in [-0.25, -0.2) is 19.7 Å². The molecule has 2 N–H and O–H groups in total. The monoisotopic (exact) mass is 301 g/mol. The van der Waals surface area contributed by atoms with Gasteiger partial charge in [0.1, 0.15) is 12.2 Å². The first-order chi connectivity index (χ1) is 10.6. The molecule has 0 radical (unpaired) electrons. The van der Waals surface area contributed by atoms with E-state index in [9.17, 15) is 4.79 Å². The summed E-state index contributed by atoms with van der Waals surface area (Å²) in [6.45, 7) is 2.29. The number of aryl methyl sites for hydroxylation is 3. The molecule has 2 heterocycles. The third kappa shape index (κ3) is 3.21. The molecular weight excluding hydrogens is 282 g/mol. The van der Waals surface area contributed by atoms with Gasteiger partial charge >= 0.3 is 6.03 Å². The van der Waals surface area contributed by atoms with Gasteiger partial charge in [0.05, 0.1) is 6.54 Å². The fraction of sp³-hybridized carbons (Fsp3) is 0.500. The molecule has 0 saturated heterocycles. The minimum atomic E-state index is -0.370. The average Bonchev–Trinajstić information content (AvgIpc) is 2.90. The zero-order valence-corrected chi connectivity index (χ0v) is 12.8. The molecule has 22 heavy (non-hydrogen) atoms. The van der Waals surface area contributed by atoms with E-state index in [1.54, 1.807) is 7.05 Å². The quantitative estimate of drug-likeness (QED) is 0.885. The maximum atomic E-state index is 11.8. The first kappa shape index (κ1) is 14.4. The number of carbonyl (C=O) groups excluding carboxylic acids is 1. The van der Waals surface area contributed by atoms with Crippen LogP contribution in [0.4, 0.5) is 10.7 Å². The largest absolute Gasteiger partial charge is 0.330 e. The number of urea groups is 1. The third-order valence-corrected chi connectivity index (χ3v) is 3.67. The van der Waals surface area contributed by atoms with Gasteiger partial charge in [0.2, 0.25) is 5.95 Å². The van der Waals surface area contributed by atoms with E-state index in [0.717, 1.165) is 24.2 Å². The summed E-state index contributed by atoms with van der Waals surface area (Å²) in [6, 6.07) is -0.370. The van der Waals surface area contributed by atoms with Crippen LogP contribution in [0, 0.1) is 6.92 Å². The zero-order valence-electron chi connectivity index (χ0n) is 12.8. The van der Waals surface area contributed by atoms with Gasteiger partial charge in [0.25, 0.3) is 0 Å². The van der Waals surface area contributed by atoms with Gasteiger partial charge in [-0.15, -0.1) is 5.10 Å². The smallest absolute Gasteiger partial charge is 0.322 e. The van der Waals surface area contributed by atoms with Gasteiger partial charge < -0.3 is 5.32 Å². The molecule has 0 aromatic carbocycles. The first-order valence-corrected chi connectivity index (χ1v) is 7.37. The molecule has 0 spiro atoms. The van der Waals surface area contributed by atoms with Crippen molar-refractivity contribution < 1.29 is 4.79 Å². The maximum Gasteiger partial charge on any atom is 0.322 e. The number of nitrogens with one attached hydrogen (secondary N) is 2. The number of fused-ring (bicyclic) bond motifs is 1. The minimum absolute atomic E-state index is 0.266. The molecule has 2 amide bonds. The van der Waals surface area contributed by atoms with E-state index < -0.39 is 0 Å². The Hall–Kier alpha value is -2.51. The number of anilines is 1. The van der Waals surface area contributed by atoms with Crippen molar-refractivity contribution in [3.8, 4) is 0 Å². The lowest BCUT2D eigenvalue weighted by atomic mass is 9.95. The number of aromatic nitrogens is 5. The van der Waals surface area contributed by atoms with Crippen LogP contribution in [0.25, 0.3) is 0 Å². The Morgan fingerprint density at radius 1 is 1.32 bits per heavy atom. The number of carbonyl (C=O) groups is 1. The van der Waals surface area contributed by atoms with E-state index in [0.29, 0.717) is 5.82 Å². The molecule has 2 aromatic rings. The van der Waals surface area contributed by atoms with Crippen LogP contribution in [0.5, 0.6) is 0 Å². The Morgan fingerprint density at radius 3 is 2.91 bits per heavy atom. The second-order valence-electron chi connectivity index (χ2n) is 5.41. The third-order valence-electron chi connectivity index (χ3n) is 3.67. The highest BCUT2D eigenvalue weighted by Gasteiger charge is 2.15. The van der Waals surface area contributed by atoms with Crippen LogP contribution in [-0.2, 0) is 26.4 Å². The average molecular weight is 301 g/mol. The topological polar surface area (TPSA) is 97.6 Å². The van der Waals surface area contributed by atoms with Crippen molar-refractivity contribution in [2.24, 2.45) is 7.05 Å². The molecule has 116 valence electrons. The fourth-order valence-electron chi connectivity index (χ4n) is 2.63. The highest BCUT2D eigenvalue weighted by atomic mass is 16.2. The van der Waals surface area contributed by atoms with Crippen LogP contribution in [0.1, 0.15) is 35.6 Å². The molecule has 8 heteroatoms. The molecule has 0 bridgehead atoms. The zero-order chi connectivity index (χ0) is 15.5. The summed E-state index contributed by atoms with van der Waals surface area (Å²) >= 11 is 0. The van der Waals surface area contributed by atoms with E-state index in [1.165, 1.54) is 29.4 Å². The van der Waals surface area contributed by atoms with E-state index in [-0.39, 0.29) is 18.5 Å². The molecule has 0 atom stereocenters. The molecule has 2 aromatic heterocycles. The van der Waals surface area contributed by atoms with Crippen molar-refractivity contribution in [1.82, 2.24) is 30.0 Å². The highest BCUT2D eigenvalue weighted by molar-refractivity contribution is 5.87. The van der Waals surface area contributed by atoms with Crippen LogP contribution in [0.2, 0.25) is 0 Å². The second kappa shape index (κ2) is 6.08. The second-order valence-corrected chi connectivity index (χ2v) is 5.41. The predicted molar refractivity (Wildman–Crippen MR) is 80.3 cm³/mol. The molecule has 0 saturated carbocycles. The Morgan fingerprint density at radius 2 is 2.14 bits per heavy atom. The minimum Gasteiger partial charge on any atom is -0.330 e. The first-order valence-electron chi connectivity index (χ1n) is 7.37. The van der Waals surface area contributed by atoms with Crippen molar-refractivity contribution in [2.75, 3.05) is 5.32 Å². The number of rotatable bonds is 3. The molecule has 1 aliphatic carbocycles. The molecule has 8 nitrogen and oxygen atoms in total. The summed E-state index contributed by atoms with van der Waals surface area (Å²) in [6.07, 6.45) is 5.94. The van der Waals surface area contributed by atoms with Crippen LogP contribution >= 0.6 is 0 Å². The van der Waals surface area contributed by atoms with Gasteiger partial charge in [-0.1, -0.05) is 0 Å². The van der Waals surface area contributed by atoms with Crippen LogP contribution < -0.4 is 10.6 Å². The van der Waals surface area contributed by atoms with Crippen molar-refractivity contribution in [2.45, 2.75) is 39.2 Å². The van der Waals surface area contributed by atoms with Crippen LogP contribution in [-0.4, -0.2) is 30.8 Å². The molecule has 0 aliphatic heterocycles. The van der Waals surface area contributed by atoms with Crippen molar-refractivity contribution >= 4 is 12.0 Å². The van der Waals surface area contributed by atoms with E-state index in [1.807, 2.05) is 6.92 Å². The standard InChI is InChI=1S/C14H19N7O/c1-9-10-5-3-4-6-11(10)18-12(17-9)7-15-14(22)19-13-16-8-21(2)20-13/h8H,3-7H2,1-2H3,(H2,15,19,20,22). The molecule has 3 rings (SSSR count). The molecule has 0 unspecified atom stereocenters. The highest BCUT2D eigenvalue weighted by Crippen LogP contribution is 2.21. The van der Waals surface area contributed by atoms with Gasteiger partial charge in [-0.3, -0.25) is 10.00 Å². The Bertz CT molecular complexity index is 694. The summed E-state index contributed by atoms with van der Waals surface area (Å²) in [4.78, 5) is 24.8. The predicted octanol–water partition coefficient (Wildman–Crippen LogP) is 1.11. The lowest BCUT2D eigenvalue weighted by molar-refractivity contribution is 0.251. The maximum absolute atomic E-state index is 11.8.